The van der Waals surface area contributed by atoms with Crippen molar-refractivity contribution in [2.24, 2.45) is 11.7 Å². The minimum atomic E-state index is -0.0817. The van der Waals surface area contributed by atoms with Crippen LogP contribution < -0.4 is 11.1 Å². The first kappa shape index (κ1) is 13.9. The topological polar surface area (TPSA) is 55.1 Å². The van der Waals surface area contributed by atoms with E-state index < -0.39 is 0 Å². The van der Waals surface area contributed by atoms with Gasteiger partial charge in [0.25, 0.3) is 0 Å². The Morgan fingerprint density at radius 2 is 1.56 bits per heavy atom. The highest BCUT2D eigenvalue weighted by Gasteiger charge is 2.34. The normalized spacial score (nSPS) is 25.4. The Labute approximate surface area is 111 Å². The fourth-order valence-electron chi connectivity index (χ4n) is 3.51. The van der Waals surface area contributed by atoms with Crippen molar-refractivity contribution in [2.75, 3.05) is 6.54 Å². The number of hydrogen-bond acceptors (Lipinski definition) is 2. The molecule has 0 saturated heterocycles. The minimum absolute atomic E-state index is 0.0817. The standard InChI is InChI=1S/C15H28N2O/c16-12-15(10-6-3-7-11-15)17-14(18)13-8-4-1-2-5-9-13/h13H,1-12,16H2,(H,17,18). The molecule has 0 radical (unpaired) electrons. The molecule has 3 heteroatoms. The van der Waals surface area contributed by atoms with E-state index in [4.69, 9.17) is 5.73 Å². The van der Waals surface area contributed by atoms with Crippen molar-refractivity contribution >= 4 is 5.91 Å². The smallest absolute Gasteiger partial charge is 0.223 e. The number of nitrogens with two attached hydrogens (primary N) is 1. The molecule has 0 aliphatic heterocycles. The lowest BCUT2D eigenvalue weighted by atomic mass is 9.81. The molecule has 0 unspecified atom stereocenters. The highest BCUT2D eigenvalue weighted by atomic mass is 16.2. The van der Waals surface area contributed by atoms with Gasteiger partial charge in [-0.3, -0.25) is 4.79 Å². The molecule has 0 heterocycles. The van der Waals surface area contributed by atoms with E-state index >= 15 is 0 Å². The second kappa shape index (κ2) is 6.55. The van der Waals surface area contributed by atoms with Crippen LogP contribution >= 0.6 is 0 Å². The molecule has 1 amide bonds. The Bertz CT molecular complexity index is 264. The molecule has 2 aliphatic carbocycles. The van der Waals surface area contributed by atoms with Crippen molar-refractivity contribution in [2.45, 2.75) is 76.2 Å². The van der Waals surface area contributed by atoms with Crippen LogP contribution in [-0.2, 0) is 4.79 Å². The van der Waals surface area contributed by atoms with E-state index in [2.05, 4.69) is 5.32 Å². The maximum absolute atomic E-state index is 12.4. The molecule has 3 N–H and O–H groups in total. The molecule has 104 valence electrons. The van der Waals surface area contributed by atoms with Gasteiger partial charge < -0.3 is 11.1 Å². The third-order valence-electron chi connectivity index (χ3n) is 4.82. The van der Waals surface area contributed by atoms with Crippen LogP contribution in [0.25, 0.3) is 0 Å². The summed E-state index contributed by atoms with van der Waals surface area (Å²) in [7, 11) is 0. The summed E-state index contributed by atoms with van der Waals surface area (Å²) in [5.41, 5.74) is 5.85. The van der Waals surface area contributed by atoms with Gasteiger partial charge in [0.1, 0.15) is 0 Å². The van der Waals surface area contributed by atoms with Crippen molar-refractivity contribution in [1.29, 1.82) is 0 Å². The number of rotatable bonds is 3. The van der Waals surface area contributed by atoms with Gasteiger partial charge in [-0.2, -0.15) is 0 Å². The van der Waals surface area contributed by atoms with Crippen LogP contribution in [0.4, 0.5) is 0 Å². The Balaban J connectivity index is 1.91. The maximum atomic E-state index is 12.4. The minimum Gasteiger partial charge on any atom is -0.349 e. The van der Waals surface area contributed by atoms with Crippen LogP contribution in [0.15, 0.2) is 0 Å². The Morgan fingerprint density at radius 3 is 2.11 bits per heavy atom. The monoisotopic (exact) mass is 252 g/mol. The molecular formula is C15H28N2O. The summed E-state index contributed by atoms with van der Waals surface area (Å²) in [5, 5.41) is 3.32. The molecule has 0 atom stereocenters. The first-order chi connectivity index (χ1) is 8.76. The van der Waals surface area contributed by atoms with Gasteiger partial charge in [0.2, 0.25) is 5.91 Å². The van der Waals surface area contributed by atoms with E-state index in [1.807, 2.05) is 0 Å². The molecule has 0 bridgehead atoms. The molecule has 0 aromatic heterocycles. The van der Waals surface area contributed by atoms with Crippen LogP contribution in [-0.4, -0.2) is 18.0 Å². The molecule has 2 saturated carbocycles. The lowest BCUT2D eigenvalue weighted by Gasteiger charge is -2.38. The van der Waals surface area contributed by atoms with E-state index in [-0.39, 0.29) is 17.4 Å². The largest absolute Gasteiger partial charge is 0.349 e. The molecule has 2 aliphatic rings. The molecule has 2 fully saturated rings. The Morgan fingerprint density at radius 1 is 1.00 bits per heavy atom. The SMILES string of the molecule is NCC1(NC(=O)C2CCCCCC2)CCCCC1. The first-order valence-corrected chi connectivity index (χ1v) is 7.78. The molecule has 2 rings (SSSR count). The number of nitrogens with one attached hydrogen (secondary N) is 1. The summed E-state index contributed by atoms with van der Waals surface area (Å²) < 4.78 is 0. The van der Waals surface area contributed by atoms with E-state index in [1.165, 1.54) is 44.9 Å². The summed E-state index contributed by atoms with van der Waals surface area (Å²) in [6.07, 6.45) is 13.0. The van der Waals surface area contributed by atoms with Crippen molar-refractivity contribution in [1.82, 2.24) is 5.32 Å². The second-order valence-corrected chi connectivity index (χ2v) is 6.22. The fraction of sp³-hybridized carbons (Fsp3) is 0.933. The highest BCUT2D eigenvalue weighted by Crippen LogP contribution is 2.29. The Kier molecular flexibility index (Phi) is 5.04. The number of amides is 1. The third-order valence-corrected chi connectivity index (χ3v) is 4.82. The summed E-state index contributed by atoms with van der Waals surface area (Å²) in [6.45, 7) is 0.603. The van der Waals surface area contributed by atoms with Gasteiger partial charge in [-0.15, -0.1) is 0 Å². The maximum Gasteiger partial charge on any atom is 0.223 e. The molecule has 0 spiro atoms. The fourth-order valence-corrected chi connectivity index (χ4v) is 3.51. The van der Waals surface area contributed by atoms with Gasteiger partial charge in [0, 0.05) is 12.5 Å². The number of carbonyl (C=O) groups excluding carboxylic acids is 1. The van der Waals surface area contributed by atoms with Crippen LogP contribution in [0.3, 0.4) is 0 Å². The van der Waals surface area contributed by atoms with Crippen molar-refractivity contribution in [3.63, 3.8) is 0 Å². The predicted molar refractivity (Wildman–Crippen MR) is 74.2 cm³/mol. The molecule has 0 aromatic carbocycles. The van der Waals surface area contributed by atoms with Crippen LogP contribution in [0, 0.1) is 5.92 Å². The predicted octanol–water partition coefficient (Wildman–Crippen LogP) is 2.73. The quantitative estimate of drug-likeness (QED) is 0.759. The van der Waals surface area contributed by atoms with Crippen molar-refractivity contribution < 1.29 is 4.79 Å². The van der Waals surface area contributed by atoms with E-state index in [1.54, 1.807) is 0 Å². The summed E-state index contributed by atoms with van der Waals surface area (Å²) in [4.78, 5) is 12.4. The Hall–Kier alpha value is -0.570. The van der Waals surface area contributed by atoms with Crippen LogP contribution in [0.2, 0.25) is 0 Å². The van der Waals surface area contributed by atoms with E-state index in [0.29, 0.717) is 6.54 Å². The molecule has 3 nitrogen and oxygen atoms in total. The van der Waals surface area contributed by atoms with Gasteiger partial charge in [0.05, 0.1) is 5.54 Å². The average molecular weight is 252 g/mol. The number of carbonyl (C=O) groups is 1. The summed E-state index contributed by atoms with van der Waals surface area (Å²) >= 11 is 0. The van der Waals surface area contributed by atoms with Crippen molar-refractivity contribution in [3.8, 4) is 0 Å². The second-order valence-electron chi connectivity index (χ2n) is 6.22. The first-order valence-electron chi connectivity index (χ1n) is 7.78. The average Bonchev–Trinajstić information content (AvgIpc) is 2.68. The molecule has 0 aromatic rings. The van der Waals surface area contributed by atoms with Crippen molar-refractivity contribution in [3.05, 3.63) is 0 Å². The van der Waals surface area contributed by atoms with E-state index in [0.717, 1.165) is 25.7 Å². The number of hydrogen-bond donors (Lipinski definition) is 2. The molecular weight excluding hydrogens is 224 g/mol. The summed E-state index contributed by atoms with van der Waals surface area (Å²) in [5.74, 6) is 0.530. The van der Waals surface area contributed by atoms with Crippen LogP contribution in [0.5, 0.6) is 0 Å². The van der Waals surface area contributed by atoms with E-state index in [9.17, 15) is 4.79 Å². The highest BCUT2D eigenvalue weighted by molar-refractivity contribution is 5.79. The van der Waals surface area contributed by atoms with Gasteiger partial charge in [-0.05, 0) is 25.7 Å². The zero-order valence-electron chi connectivity index (χ0n) is 11.5. The zero-order chi connectivity index (χ0) is 12.8. The summed E-state index contributed by atoms with van der Waals surface area (Å²) in [6, 6.07) is 0. The van der Waals surface area contributed by atoms with Gasteiger partial charge >= 0.3 is 0 Å². The van der Waals surface area contributed by atoms with Gasteiger partial charge in [-0.1, -0.05) is 44.9 Å². The molecule has 18 heavy (non-hydrogen) atoms. The van der Waals surface area contributed by atoms with Gasteiger partial charge in [-0.25, -0.2) is 0 Å². The lowest BCUT2D eigenvalue weighted by Crippen LogP contribution is -2.56. The third kappa shape index (κ3) is 3.47. The van der Waals surface area contributed by atoms with Gasteiger partial charge in [0.15, 0.2) is 0 Å². The lowest BCUT2D eigenvalue weighted by molar-refractivity contribution is -0.127. The zero-order valence-corrected chi connectivity index (χ0v) is 11.5. The van der Waals surface area contributed by atoms with Crippen LogP contribution in [0.1, 0.15) is 70.6 Å².